The van der Waals surface area contributed by atoms with Crippen molar-refractivity contribution < 1.29 is 34.4 Å². The summed E-state index contributed by atoms with van der Waals surface area (Å²) in [6, 6.07) is 26.5. The molecule has 1 heterocycles. The van der Waals surface area contributed by atoms with Gasteiger partial charge in [0, 0.05) is 49.2 Å². The summed E-state index contributed by atoms with van der Waals surface area (Å²) in [5.74, 6) is -0.116. The molecule has 0 amide bonds. The Balaban J connectivity index is 0.000000381. The number of hydrogen-bond acceptors (Lipinski definition) is 3. The van der Waals surface area contributed by atoms with Gasteiger partial charge in [-0.25, -0.2) is 4.39 Å². The number of rotatable bonds is 6. The molecule has 0 saturated carbocycles. The predicted octanol–water partition coefficient (Wildman–Crippen LogP) is 8.36. The van der Waals surface area contributed by atoms with Gasteiger partial charge in [-0.15, -0.1) is 29.8 Å². The zero-order chi connectivity index (χ0) is 28.0. The minimum absolute atomic E-state index is 0. The summed E-state index contributed by atoms with van der Waals surface area (Å²) < 4.78 is 13.7. The molecule has 0 saturated heterocycles. The molecule has 4 rings (SSSR count). The van der Waals surface area contributed by atoms with Crippen molar-refractivity contribution in [2.45, 2.75) is 47.3 Å². The van der Waals surface area contributed by atoms with E-state index in [0.717, 1.165) is 27.7 Å². The number of benzene rings is 3. The van der Waals surface area contributed by atoms with Gasteiger partial charge in [-0.3, -0.25) is 9.78 Å². The van der Waals surface area contributed by atoms with E-state index in [4.69, 9.17) is 4.98 Å². The predicted molar refractivity (Wildman–Crippen MR) is 160 cm³/mol. The van der Waals surface area contributed by atoms with Crippen LogP contribution in [0.3, 0.4) is 0 Å². The Kier molecular flexibility index (Phi) is 11.5. The van der Waals surface area contributed by atoms with E-state index in [0.29, 0.717) is 5.56 Å². The fourth-order valence-electron chi connectivity index (χ4n) is 3.75. The third-order valence-corrected chi connectivity index (χ3v) is 8.29. The maximum absolute atomic E-state index is 13.7. The molecular formula is C33H37FIrNO2Si-. The number of hydrogen-bond donors (Lipinski definition) is 1. The van der Waals surface area contributed by atoms with Crippen molar-refractivity contribution in [1.29, 1.82) is 0 Å². The molecule has 0 aliphatic carbocycles. The fraction of sp³-hybridized carbons (Fsp3) is 0.273. The SMILES string of the molecule is CC(C)C(=O)/C=C(\O)C(C)C.C[Si](C)(C)c1ccc2nc(-c3[c-]ccc(F)c3)cc(-c3ccccc3)c2c1.[Ir]. The van der Waals surface area contributed by atoms with Gasteiger partial charge in [-0.05, 0) is 22.9 Å². The van der Waals surface area contributed by atoms with Gasteiger partial charge >= 0.3 is 0 Å². The molecule has 0 spiro atoms. The molecule has 207 valence electrons. The fourth-order valence-corrected chi connectivity index (χ4v) is 4.91. The molecule has 1 aromatic heterocycles. The Labute approximate surface area is 246 Å². The Bertz CT molecular complexity index is 1440. The summed E-state index contributed by atoms with van der Waals surface area (Å²) in [6.07, 6.45) is 1.31. The third kappa shape index (κ3) is 8.79. The quantitative estimate of drug-likeness (QED) is 0.0944. The number of aliphatic hydroxyl groups excluding tert-OH is 1. The molecule has 3 nitrogen and oxygen atoms in total. The second-order valence-electron chi connectivity index (χ2n) is 11.1. The number of ketones is 1. The Morgan fingerprint density at radius 3 is 2.18 bits per heavy atom. The van der Waals surface area contributed by atoms with Crippen LogP contribution in [0.1, 0.15) is 27.7 Å². The molecule has 0 bridgehead atoms. The molecule has 3 aromatic carbocycles. The second-order valence-corrected chi connectivity index (χ2v) is 16.2. The Morgan fingerprint density at radius 2 is 1.62 bits per heavy atom. The van der Waals surface area contributed by atoms with E-state index in [1.165, 1.54) is 23.4 Å². The van der Waals surface area contributed by atoms with Crippen LogP contribution in [0.15, 0.2) is 84.6 Å². The number of carbonyl (C=O) groups is 1. The van der Waals surface area contributed by atoms with Crippen LogP contribution in [0.25, 0.3) is 33.3 Å². The first-order chi connectivity index (χ1) is 17.9. The molecule has 1 radical (unpaired) electrons. The van der Waals surface area contributed by atoms with Gasteiger partial charge in [0.2, 0.25) is 0 Å². The molecule has 0 fully saturated rings. The van der Waals surface area contributed by atoms with E-state index in [2.05, 4.69) is 62.1 Å². The molecular weight excluding hydrogens is 682 g/mol. The van der Waals surface area contributed by atoms with Gasteiger partial charge in [0.1, 0.15) is 0 Å². The minimum Gasteiger partial charge on any atom is -0.512 e. The first-order valence-corrected chi connectivity index (χ1v) is 16.5. The van der Waals surface area contributed by atoms with Gasteiger partial charge in [-0.2, -0.15) is 0 Å². The maximum atomic E-state index is 13.7. The van der Waals surface area contributed by atoms with Crippen LogP contribution in [0.4, 0.5) is 4.39 Å². The van der Waals surface area contributed by atoms with E-state index in [1.54, 1.807) is 6.07 Å². The monoisotopic (exact) mass is 719 g/mol. The van der Waals surface area contributed by atoms with E-state index in [9.17, 15) is 14.3 Å². The first kappa shape index (κ1) is 32.3. The van der Waals surface area contributed by atoms with Crippen LogP contribution in [-0.4, -0.2) is 23.9 Å². The molecule has 1 N–H and O–H groups in total. The second kappa shape index (κ2) is 13.9. The van der Waals surface area contributed by atoms with E-state index in [-0.39, 0.29) is 49.3 Å². The number of aliphatic hydroxyl groups is 1. The molecule has 6 heteroatoms. The molecule has 0 unspecified atom stereocenters. The van der Waals surface area contributed by atoms with Crippen LogP contribution in [0, 0.1) is 23.7 Å². The van der Waals surface area contributed by atoms with Gasteiger partial charge in [-0.1, -0.05) is 101 Å². The summed E-state index contributed by atoms with van der Waals surface area (Å²) in [5, 5.41) is 11.7. The molecule has 0 atom stereocenters. The number of fused-ring (bicyclic) bond motifs is 1. The molecule has 0 aliphatic heterocycles. The van der Waals surface area contributed by atoms with Crippen molar-refractivity contribution >= 4 is 29.9 Å². The Hall–Kier alpha value is -2.92. The number of pyridine rings is 1. The van der Waals surface area contributed by atoms with E-state index < -0.39 is 8.07 Å². The van der Waals surface area contributed by atoms with Crippen molar-refractivity contribution in [3.05, 3.63) is 96.5 Å². The summed E-state index contributed by atoms with van der Waals surface area (Å²) >= 11 is 0. The largest absolute Gasteiger partial charge is 0.512 e. The minimum atomic E-state index is -1.44. The van der Waals surface area contributed by atoms with Crippen LogP contribution < -0.4 is 5.19 Å². The van der Waals surface area contributed by atoms with Gasteiger partial charge in [0.15, 0.2) is 5.78 Å². The van der Waals surface area contributed by atoms with Crippen molar-refractivity contribution in [3.63, 3.8) is 0 Å². The number of carbonyl (C=O) groups excluding carboxylic acids is 1. The third-order valence-electron chi connectivity index (χ3n) is 6.25. The standard InChI is InChI=1S/C24H21FNSi.C9H16O2.Ir/c1-27(2,3)20-12-13-23-22(15-20)21(17-8-5-4-6-9-17)16-24(26-23)18-10-7-11-19(25)14-18;1-6(2)8(10)5-9(11)7(3)4;/h4-9,11-16H,1-3H3;5-7,10H,1-4H3;/q-1;;/b;8-5-;. The van der Waals surface area contributed by atoms with Crippen molar-refractivity contribution in [2.75, 3.05) is 0 Å². The van der Waals surface area contributed by atoms with Gasteiger partial charge in [0.25, 0.3) is 0 Å². The summed E-state index contributed by atoms with van der Waals surface area (Å²) in [6.45, 7) is 14.4. The molecule has 4 aromatic rings. The molecule has 0 aliphatic rings. The number of nitrogens with zero attached hydrogens (tertiary/aromatic N) is 1. The average molecular weight is 719 g/mol. The van der Waals surface area contributed by atoms with Gasteiger partial charge < -0.3 is 5.11 Å². The van der Waals surface area contributed by atoms with Crippen LogP contribution in [-0.2, 0) is 24.9 Å². The topological polar surface area (TPSA) is 50.2 Å². The number of aromatic nitrogens is 1. The Morgan fingerprint density at radius 1 is 0.949 bits per heavy atom. The maximum Gasteiger partial charge on any atom is 0.161 e. The van der Waals surface area contributed by atoms with Gasteiger partial charge in [0.05, 0.1) is 19.3 Å². The van der Waals surface area contributed by atoms with Crippen LogP contribution in [0.5, 0.6) is 0 Å². The van der Waals surface area contributed by atoms with E-state index in [1.807, 2.05) is 45.9 Å². The van der Waals surface area contributed by atoms with E-state index >= 15 is 0 Å². The zero-order valence-corrected chi connectivity index (χ0v) is 27.1. The average Bonchev–Trinajstić information content (AvgIpc) is 2.88. The van der Waals surface area contributed by atoms with Crippen LogP contribution in [0.2, 0.25) is 19.6 Å². The summed E-state index contributed by atoms with van der Waals surface area (Å²) in [7, 11) is -1.44. The normalized spacial score (nSPS) is 11.7. The number of halogens is 1. The summed E-state index contributed by atoms with van der Waals surface area (Å²) in [4.78, 5) is 15.8. The summed E-state index contributed by atoms with van der Waals surface area (Å²) in [5.41, 5.74) is 4.58. The van der Waals surface area contributed by atoms with Crippen molar-refractivity contribution in [1.82, 2.24) is 4.98 Å². The van der Waals surface area contributed by atoms with Crippen molar-refractivity contribution in [2.24, 2.45) is 11.8 Å². The smallest absolute Gasteiger partial charge is 0.161 e. The van der Waals surface area contributed by atoms with Crippen molar-refractivity contribution in [3.8, 4) is 22.4 Å². The van der Waals surface area contributed by atoms with Crippen LogP contribution >= 0.6 is 0 Å². The zero-order valence-electron chi connectivity index (χ0n) is 23.7. The number of allylic oxidation sites excluding steroid dienone is 2. The molecule has 39 heavy (non-hydrogen) atoms. The first-order valence-electron chi connectivity index (χ1n) is 13.0.